The molecule has 0 saturated carbocycles. The molecule has 1 saturated heterocycles. The van der Waals surface area contributed by atoms with Crippen molar-refractivity contribution in [1.82, 2.24) is 36.8 Å². The number of unbranched alkanes of at least 4 members (excludes halogenated alkanes) is 2. The second-order valence-electron chi connectivity index (χ2n) is 16.8. The maximum atomic E-state index is 14.1. The molecule has 0 unspecified atom stereocenters. The molecule has 372 valence electrons. The smallest absolute Gasteiger partial charge is 0.326 e. The van der Waals surface area contributed by atoms with Crippen molar-refractivity contribution in [1.29, 1.82) is 0 Å². The predicted octanol–water partition coefficient (Wildman–Crippen LogP) is -3.70. The number of aliphatic hydroxyl groups excluding tert-OH is 3. The van der Waals surface area contributed by atoms with Gasteiger partial charge in [0.2, 0.25) is 41.4 Å². The minimum Gasteiger partial charge on any atom is -0.508 e. The van der Waals surface area contributed by atoms with Gasteiger partial charge in [-0.05, 0) is 95.5 Å². The van der Waals surface area contributed by atoms with Crippen molar-refractivity contribution in [2.45, 2.75) is 152 Å². The number of phenols is 1. The van der Waals surface area contributed by atoms with Gasteiger partial charge in [0.1, 0.15) is 48.0 Å². The van der Waals surface area contributed by atoms with Crippen molar-refractivity contribution in [3.05, 3.63) is 29.8 Å². The second kappa shape index (κ2) is 28.5. The third-order valence-corrected chi connectivity index (χ3v) is 11.4. The third kappa shape index (κ3) is 17.7. The number of benzene rings is 1. The van der Waals surface area contributed by atoms with Gasteiger partial charge in [0.05, 0.1) is 24.9 Å². The Morgan fingerprint density at radius 2 is 1.21 bits per heavy atom. The first kappa shape index (κ1) is 56.7. The van der Waals surface area contributed by atoms with Crippen LogP contribution in [0.25, 0.3) is 0 Å². The Morgan fingerprint density at radius 3 is 1.74 bits per heavy atom. The Labute approximate surface area is 384 Å². The lowest BCUT2D eigenvalue weighted by atomic mass is 9.96. The number of aliphatic hydroxyl groups is 3. The molecule has 1 fully saturated rings. The van der Waals surface area contributed by atoms with E-state index in [0.29, 0.717) is 44.2 Å². The number of carbonyl (C=O) groups excluding carboxylic acids is 7. The normalized spacial score (nSPS) is 18.2. The molecule has 0 aliphatic carbocycles. The van der Waals surface area contributed by atoms with Crippen molar-refractivity contribution in [2.75, 3.05) is 26.2 Å². The molecule has 17 N–H and O–H groups in total. The summed E-state index contributed by atoms with van der Waals surface area (Å²) in [4.78, 5) is 108. The topological polar surface area (TPSA) is 391 Å². The number of aliphatic carboxylic acids is 1. The fourth-order valence-electron chi connectivity index (χ4n) is 7.20. The number of hydrogen-bond donors (Lipinski definition) is 14. The van der Waals surface area contributed by atoms with Crippen LogP contribution in [0.3, 0.4) is 0 Å². The zero-order chi connectivity index (χ0) is 49.7. The average molecular weight is 937 g/mol. The summed E-state index contributed by atoms with van der Waals surface area (Å²) in [6.07, 6.45) is -0.113. The number of nitrogens with zero attached hydrogens (tertiary/aromatic N) is 1. The summed E-state index contributed by atoms with van der Waals surface area (Å²) < 4.78 is 0. The van der Waals surface area contributed by atoms with Gasteiger partial charge in [0, 0.05) is 13.0 Å². The first-order chi connectivity index (χ1) is 31.2. The molecule has 0 aromatic heterocycles. The summed E-state index contributed by atoms with van der Waals surface area (Å²) in [5, 5.41) is 65.3. The zero-order valence-corrected chi connectivity index (χ0v) is 38.2. The highest BCUT2D eigenvalue weighted by Crippen LogP contribution is 2.22. The molecule has 11 atom stereocenters. The van der Waals surface area contributed by atoms with Crippen LogP contribution in [-0.2, 0) is 44.8 Å². The van der Waals surface area contributed by atoms with Gasteiger partial charge in [-0.3, -0.25) is 33.6 Å². The molecule has 1 aliphatic heterocycles. The number of hydrogen-bond acceptors (Lipinski definition) is 15. The van der Waals surface area contributed by atoms with E-state index in [-0.39, 0.29) is 50.9 Å². The van der Waals surface area contributed by atoms with Crippen molar-refractivity contribution >= 4 is 47.3 Å². The van der Waals surface area contributed by atoms with Crippen LogP contribution in [0.2, 0.25) is 0 Å². The van der Waals surface area contributed by atoms with Crippen molar-refractivity contribution in [2.24, 2.45) is 23.1 Å². The van der Waals surface area contributed by atoms with Crippen LogP contribution in [0.5, 0.6) is 5.75 Å². The Morgan fingerprint density at radius 1 is 0.697 bits per heavy atom. The highest BCUT2D eigenvalue weighted by atomic mass is 16.4. The van der Waals surface area contributed by atoms with Crippen molar-refractivity contribution in [3.8, 4) is 5.75 Å². The van der Waals surface area contributed by atoms with E-state index < -0.39 is 120 Å². The molecular weight excluding hydrogens is 865 g/mol. The third-order valence-electron chi connectivity index (χ3n) is 11.4. The number of carboxylic acids is 1. The summed E-state index contributed by atoms with van der Waals surface area (Å²) in [6.45, 7) is 5.62. The molecule has 0 radical (unpaired) electrons. The summed E-state index contributed by atoms with van der Waals surface area (Å²) in [7, 11) is 0. The molecular formula is C43H72N10O13. The quantitative estimate of drug-likeness (QED) is 0.0344. The Kier molecular flexibility index (Phi) is 24.5. The van der Waals surface area contributed by atoms with Gasteiger partial charge in [-0.1, -0.05) is 38.8 Å². The minimum absolute atomic E-state index is 0.0195. The first-order valence-electron chi connectivity index (χ1n) is 22.5. The number of aromatic hydroxyl groups is 1. The Bertz CT molecular complexity index is 1770. The highest BCUT2D eigenvalue weighted by molar-refractivity contribution is 5.98. The SMILES string of the molecule is CC[C@H](C)[C@H](NC(=O)[C@H](CO)NC(=O)[C@H](CCCCN)NC(=O)[C@@H](NC(=O)[C@@H](NC(=O)[C@@H](N)CCCCN)[C@@H](C)O)[C@@H](C)O)C(=O)N1CCC[C@H]1C(=O)N[C@@H](Cc1ccc(O)cc1)C(=O)O. The molecule has 1 aromatic rings. The fraction of sp³-hybridized carbons (Fsp3) is 0.674. The summed E-state index contributed by atoms with van der Waals surface area (Å²) >= 11 is 0. The van der Waals surface area contributed by atoms with Crippen molar-refractivity contribution < 1.29 is 63.9 Å². The number of rotatable bonds is 29. The Balaban J connectivity index is 2.23. The number of carboxylic acid groups (broad SMARTS) is 1. The van der Waals surface area contributed by atoms with E-state index in [2.05, 4.69) is 31.9 Å². The van der Waals surface area contributed by atoms with Gasteiger partial charge in [0.15, 0.2) is 0 Å². The molecule has 66 heavy (non-hydrogen) atoms. The highest BCUT2D eigenvalue weighted by Gasteiger charge is 2.41. The number of nitrogens with one attached hydrogen (secondary N) is 6. The maximum Gasteiger partial charge on any atom is 0.326 e. The number of phenolic OH excluding ortho intramolecular Hbond substituents is 1. The summed E-state index contributed by atoms with van der Waals surface area (Å²) in [5.41, 5.74) is 17.6. The molecule has 7 amide bonds. The number of likely N-dealkylation sites (tertiary alicyclic amines) is 1. The van der Waals surface area contributed by atoms with Crippen LogP contribution in [-0.4, -0.2) is 165 Å². The van der Waals surface area contributed by atoms with E-state index >= 15 is 0 Å². The van der Waals surface area contributed by atoms with Crippen molar-refractivity contribution in [3.63, 3.8) is 0 Å². The van der Waals surface area contributed by atoms with Crippen LogP contribution in [0.15, 0.2) is 24.3 Å². The molecule has 0 spiro atoms. The Hall–Kier alpha value is -5.46. The number of amides is 7. The minimum atomic E-state index is -1.72. The van der Waals surface area contributed by atoms with Gasteiger partial charge in [-0.15, -0.1) is 0 Å². The predicted molar refractivity (Wildman–Crippen MR) is 239 cm³/mol. The van der Waals surface area contributed by atoms with E-state index in [0.717, 1.165) is 0 Å². The summed E-state index contributed by atoms with van der Waals surface area (Å²) in [6, 6.07) is -5.30. The van der Waals surface area contributed by atoms with Gasteiger partial charge < -0.3 is 79.5 Å². The summed E-state index contributed by atoms with van der Waals surface area (Å²) in [5.74, 6) is -8.00. The number of carbonyl (C=O) groups is 8. The van der Waals surface area contributed by atoms with E-state index in [9.17, 15) is 63.9 Å². The van der Waals surface area contributed by atoms with E-state index in [1.54, 1.807) is 13.8 Å². The van der Waals surface area contributed by atoms with Crippen LogP contribution in [0.1, 0.15) is 91.0 Å². The molecule has 1 aromatic carbocycles. The van der Waals surface area contributed by atoms with Crippen LogP contribution in [0.4, 0.5) is 0 Å². The lowest BCUT2D eigenvalue weighted by Crippen LogP contribution is -2.63. The van der Waals surface area contributed by atoms with E-state index in [1.165, 1.54) is 43.0 Å². The molecule has 23 nitrogen and oxygen atoms in total. The number of nitrogens with two attached hydrogens (primary N) is 3. The second-order valence-corrected chi connectivity index (χ2v) is 16.8. The van der Waals surface area contributed by atoms with Crippen LogP contribution < -0.4 is 49.1 Å². The van der Waals surface area contributed by atoms with E-state index in [4.69, 9.17) is 17.2 Å². The van der Waals surface area contributed by atoms with Gasteiger partial charge >= 0.3 is 5.97 Å². The van der Waals surface area contributed by atoms with Gasteiger partial charge in [-0.2, -0.15) is 0 Å². The molecule has 1 heterocycles. The standard InChI is InChI=1S/C43H72N10O13/c1-5-23(2)33(42(64)53-20-10-13-32(53)39(61)48-30(43(65)66)21-26-14-16-27(57)17-15-26)50-38(60)31(22-54)49-37(59)29(12-7-9-19-45)47-40(62)34(24(3)55)52-41(63)35(25(4)56)51-36(58)28(46)11-6-8-18-44/h14-17,23-25,28-35,54-57H,5-13,18-22,44-46H2,1-4H3,(H,47,62)(H,48,61)(H,49,59)(H,50,60)(H,51,58)(H,52,63)(H,65,66)/t23-,24+,25+,28-,29-,30-,31-,32-,33-,34-,35-/m0/s1. The first-order valence-corrected chi connectivity index (χ1v) is 22.5. The van der Waals surface area contributed by atoms with Gasteiger partial charge in [0.25, 0.3) is 0 Å². The monoisotopic (exact) mass is 937 g/mol. The molecule has 0 bridgehead atoms. The van der Waals surface area contributed by atoms with Crippen LogP contribution >= 0.6 is 0 Å². The van der Waals surface area contributed by atoms with E-state index in [1.807, 2.05) is 0 Å². The molecule has 23 heteroatoms. The zero-order valence-electron chi connectivity index (χ0n) is 38.2. The molecule has 2 rings (SSSR count). The lowest BCUT2D eigenvalue weighted by Gasteiger charge is -2.32. The average Bonchev–Trinajstić information content (AvgIpc) is 3.78. The fourth-order valence-corrected chi connectivity index (χ4v) is 7.20. The van der Waals surface area contributed by atoms with Gasteiger partial charge in [-0.25, -0.2) is 4.79 Å². The lowest BCUT2D eigenvalue weighted by molar-refractivity contribution is -0.145. The van der Waals surface area contributed by atoms with Crippen LogP contribution in [0, 0.1) is 5.92 Å². The maximum absolute atomic E-state index is 14.1. The largest absolute Gasteiger partial charge is 0.508 e. The molecule has 1 aliphatic rings.